The molecule has 9 nitrogen and oxygen atoms in total. The standard InChI is InChI=1S/C25H20N6O3S/c1-15-23(25(35-31-15)30-21-14-26-19-5-3-4-6-20(19)29-21)24(32)28-16-7-12-22(27-13-16)34-18-10-8-17(33-2)9-11-18/h3-14H,1-2H3,(H,28,32)(H,29,30). The molecule has 2 aromatic carbocycles. The summed E-state index contributed by atoms with van der Waals surface area (Å²) in [5.41, 5.74) is 3.12. The van der Waals surface area contributed by atoms with Crippen LogP contribution in [0.4, 0.5) is 16.5 Å². The third-order valence-corrected chi connectivity index (χ3v) is 5.91. The molecule has 35 heavy (non-hydrogen) atoms. The highest BCUT2D eigenvalue weighted by Crippen LogP contribution is 2.29. The smallest absolute Gasteiger partial charge is 0.260 e. The van der Waals surface area contributed by atoms with Crippen LogP contribution in [0.2, 0.25) is 0 Å². The van der Waals surface area contributed by atoms with Crippen molar-refractivity contribution >= 4 is 45.0 Å². The van der Waals surface area contributed by atoms with Gasteiger partial charge >= 0.3 is 0 Å². The van der Waals surface area contributed by atoms with E-state index in [-0.39, 0.29) is 5.91 Å². The molecule has 1 amide bonds. The van der Waals surface area contributed by atoms with Gasteiger partial charge in [0.2, 0.25) is 5.88 Å². The summed E-state index contributed by atoms with van der Waals surface area (Å²) in [6, 6.07) is 18.2. The van der Waals surface area contributed by atoms with Crippen LogP contribution in [0.15, 0.2) is 73.1 Å². The number of aromatic nitrogens is 4. The van der Waals surface area contributed by atoms with Crippen molar-refractivity contribution in [1.82, 2.24) is 19.3 Å². The Labute approximate surface area is 205 Å². The zero-order valence-electron chi connectivity index (χ0n) is 18.9. The number of amides is 1. The van der Waals surface area contributed by atoms with Gasteiger partial charge in [-0.05, 0) is 60.9 Å². The SMILES string of the molecule is COc1ccc(Oc2ccc(NC(=O)c3c(C)nsc3Nc3cnc4ccccc4n3)cn2)cc1. The van der Waals surface area contributed by atoms with E-state index in [0.29, 0.717) is 39.4 Å². The number of carbonyl (C=O) groups excluding carboxylic acids is 1. The quantitative estimate of drug-likeness (QED) is 0.308. The number of methoxy groups -OCH3 is 1. The van der Waals surface area contributed by atoms with Gasteiger partial charge in [-0.15, -0.1) is 0 Å². The number of aryl methyl sites for hydroxylation is 1. The zero-order valence-corrected chi connectivity index (χ0v) is 19.7. The molecule has 0 aliphatic rings. The summed E-state index contributed by atoms with van der Waals surface area (Å²) < 4.78 is 15.2. The van der Waals surface area contributed by atoms with Crippen molar-refractivity contribution < 1.29 is 14.3 Å². The lowest BCUT2D eigenvalue weighted by Crippen LogP contribution is -2.14. The number of fused-ring (bicyclic) bond motifs is 1. The lowest BCUT2D eigenvalue weighted by atomic mass is 10.2. The number of para-hydroxylation sites is 2. The molecule has 0 spiro atoms. The number of anilines is 3. The predicted molar refractivity (Wildman–Crippen MR) is 135 cm³/mol. The summed E-state index contributed by atoms with van der Waals surface area (Å²) >= 11 is 1.19. The fraction of sp³-hybridized carbons (Fsp3) is 0.0800. The minimum Gasteiger partial charge on any atom is -0.497 e. The number of rotatable bonds is 7. The van der Waals surface area contributed by atoms with E-state index >= 15 is 0 Å². The van der Waals surface area contributed by atoms with Crippen LogP contribution in [0, 0.1) is 6.92 Å². The molecule has 0 fully saturated rings. The molecule has 0 saturated carbocycles. The van der Waals surface area contributed by atoms with Gasteiger partial charge < -0.3 is 20.1 Å². The molecule has 0 atom stereocenters. The van der Waals surface area contributed by atoms with E-state index in [1.165, 1.54) is 17.7 Å². The largest absolute Gasteiger partial charge is 0.497 e. The van der Waals surface area contributed by atoms with Gasteiger partial charge in [0.15, 0.2) is 0 Å². The topological polar surface area (TPSA) is 111 Å². The molecule has 0 unspecified atom stereocenters. The maximum absolute atomic E-state index is 13.1. The number of carbonyl (C=O) groups is 1. The second-order valence-electron chi connectivity index (χ2n) is 7.46. The number of nitrogens with one attached hydrogen (secondary N) is 2. The van der Waals surface area contributed by atoms with Gasteiger partial charge in [0, 0.05) is 6.07 Å². The Morgan fingerprint density at radius 1 is 0.914 bits per heavy atom. The van der Waals surface area contributed by atoms with Crippen molar-refractivity contribution in [2.45, 2.75) is 6.92 Å². The zero-order chi connectivity index (χ0) is 24.2. The van der Waals surface area contributed by atoms with E-state index < -0.39 is 0 Å². The monoisotopic (exact) mass is 484 g/mol. The second-order valence-corrected chi connectivity index (χ2v) is 8.23. The van der Waals surface area contributed by atoms with Gasteiger partial charge in [0.1, 0.15) is 22.3 Å². The average Bonchev–Trinajstić information content (AvgIpc) is 3.25. The number of hydrogen-bond acceptors (Lipinski definition) is 9. The normalized spacial score (nSPS) is 10.7. The van der Waals surface area contributed by atoms with E-state index in [2.05, 4.69) is 30.0 Å². The molecule has 3 heterocycles. The number of ether oxygens (including phenoxy) is 2. The highest BCUT2D eigenvalue weighted by atomic mass is 32.1. The number of hydrogen-bond donors (Lipinski definition) is 2. The molecule has 5 aromatic rings. The third-order valence-electron chi connectivity index (χ3n) is 5.06. The summed E-state index contributed by atoms with van der Waals surface area (Å²) in [5, 5.41) is 6.62. The van der Waals surface area contributed by atoms with Crippen molar-refractivity contribution in [3.63, 3.8) is 0 Å². The van der Waals surface area contributed by atoms with Crippen LogP contribution in [0.5, 0.6) is 17.4 Å². The van der Waals surface area contributed by atoms with E-state index in [9.17, 15) is 4.79 Å². The molecule has 174 valence electrons. The summed E-state index contributed by atoms with van der Waals surface area (Å²) in [7, 11) is 1.61. The van der Waals surface area contributed by atoms with Gasteiger partial charge in [-0.2, -0.15) is 4.37 Å². The van der Waals surface area contributed by atoms with Gasteiger partial charge in [0.25, 0.3) is 5.91 Å². The molecule has 2 N–H and O–H groups in total. The Kier molecular flexibility index (Phi) is 6.18. The number of benzene rings is 2. The molecule has 0 bridgehead atoms. The van der Waals surface area contributed by atoms with Crippen LogP contribution >= 0.6 is 11.5 Å². The highest BCUT2D eigenvalue weighted by Gasteiger charge is 2.19. The minimum absolute atomic E-state index is 0.307. The molecule has 0 radical (unpaired) electrons. The summed E-state index contributed by atoms with van der Waals surface area (Å²) in [4.78, 5) is 26.3. The van der Waals surface area contributed by atoms with E-state index in [4.69, 9.17) is 9.47 Å². The number of pyridine rings is 1. The fourth-order valence-corrected chi connectivity index (χ4v) is 4.13. The molecule has 0 aliphatic heterocycles. The van der Waals surface area contributed by atoms with Gasteiger partial charge in [-0.3, -0.25) is 9.78 Å². The Morgan fingerprint density at radius 3 is 2.43 bits per heavy atom. The third kappa shape index (κ3) is 5.02. The van der Waals surface area contributed by atoms with Gasteiger partial charge in [0.05, 0.1) is 47.5 Å². The van der Waals surface area contributed by atoms with Crippen LogP contribution in [-0.4, -0.2) is 32.3 Å². The maximum Gasteiger partial charge on any atom is 0.260 e. The van der Waals surface area contributed by atoms with Crippen LogP contribution in [0.3, 0.4) is 0 Å². The van der Waals surface area contributed by atoms with Crippen molar-refractivity contribution in [1.29, 1.82) is 0 Å². The second kappa shape index (κ2) is 9.74. The Balaban J connectivity index is 1.28. The summed E-state index contributed by atoms with van der Waals surface area (Å²) in [6.45, 7) is 1.78. The van der Waals surface area contributed by atoms with E-state index in [0.717, 1.165) is 16.8 Å². The first kappa shape index (κ1) is 22.2. The van der Waals surface area contributed by atoms with Gasteiger partial charge in [-0.1, -0.05) is 12.1 Å². The van der Waals surface area contributed by atoms with E-state index in [1.807, 2.05) is 24.3 Å². The van der Waals surface area contributed by atoms with Crippen molar-refractivity contribution in [2.24, 2.45) is 0 Å². The highest BCUT2D eigenvalue weighted by molar-refractivity contribution is 7.10. The molecule has 5 rings (SSSR count). The van der Waals surface area contributed by atoms with Crippen LogP contribution in [0.1, 0.15) is 16.1 Å². The fourth-order valence-electron chi connectivity index (χ4n) is 3.33. The van der Waals surface area contributed by atoms with E-state index in [1.54, 1.807) is 56.6 Å². The summed E-state index contributed by atoms with van der Waals surface area (Å²) in [6.07, 6.45) is 3.17. The number of nitrogens with zero attached hydrogens (tertiary/aromatic N) is 4. The van der Waals surface area contributed by atoms with Crippen molar-refractivity contribution in [3.05, 3.63) is 84.3 Å². The first-order valence-electron chi connectivity index (χ1n) is 10.6. The van der Waals surface area contributed by atoms with Crippen molar-refractivity contribution in [2.75, 3.05) is 17.7 Å². The van der Waals surface area contributed by atoms with Crippen molar-refractivity contribution in [3.8, 4) is 17.4 Å². The molecular formula is C25H20N6O3S. The first-order valence-corrected chi connectivity index (χ1v) is 11.4. The molecule has 10 heteroatoms. The van der Waals surface area contributed by atoms with Crippen LogP contribution in [0.25, 0.3) is 11.0 Å². The molecule has 0 aliphatic carbocycles. The Bertz CT molecular complexity index is 1490. The lowest BCUT2D eigenvalue weighted by Gasteiger charge is -2.09. The Hall–Kier alpha value is -4.57. The molecule has 0 saturated heterocycles. The maximum atomic E-state index is 13.1. The average molecular weight is 485 g/mol. The van der Waals surface area contributed by atoms with Crippen LogP contribution in [-0.2, 0) is 0 Å². The molecular weight excluding hydrogens is 464 g/mol. The van der Waals surface area contributed by atoms with Gasteiger partial charge in [-0.25, -0.2) is 9.97 Å². The van der Waals surface area contributed by atoms with Crippen LogP contribution < -0.4 is 20.1 Å². The lowest BCUT2D eigenvalue weighted by molar-refractivity contribution is 0.102. The summed E-state index contributed by atoms with van der Waals surface area (Å²) in [5.74, 6) is 1.99. The minimum atomic E-state index is -0.307. The Morgan fingerprint density at radius 2 is 1.69 bits per heavy atom. The predicted octanol–water partition coefficient (Wildman–Crippen LogP) is 5.59. The molecule has 3 aromatic heterocycles. The first-order chi connectivity index (χ1) is 17.1.